The van der Waals surface area contributed by atoms with Crippen molar-refractivity contribution in [2.45, 2.75) is 19.8 Å². The van der Waals surface area contributed by atoms with Crippen molar-refractivity contribution < 1.29 is 0 Å². The molecule has 0 aromatic carbocycles. The minimum Gasteiger partial charge on any atom is -0.256 e. The predicted octanol–water partition coefficient (Wildman–Crippen LogP) is 1.56. The van der Waals surface area contributed by atoms with Gasteiger partial charge >= 0.3 is 0 Å². The van der Waals surface area contributed by atoms with Gasteiger partial charge in [-0.05, 0) is 13.5 Å². The van der Waals surface area contributed by atoms with Gasteiger partial charge in [0.05, 0.1) is 0 Å². The van der Waals surface area contributed by atoms with Crippen molar-refractivity contribution in [1.29, 1.82) is 0 Å². The molecule has 0 aromatic rings. The van der Waals surface area contributed by atoms with Crippen LogP contribution >= 0.6 is 12.8 Å². The highest BCUT2D eigenvalue weighted by atomic mass is 32.1. The monoisotopic (exact) mass is 119 g/mol. The third-order valence-corrected chi connectivity index (χ3v) is 1.04. The molecule has 0 aliphatic heterocycles. The molecule has 0 unspecified atom stereocenters. The SMILES string of the molecule is CCCCN(C)S. The maximum atomic E-state index is 4.07. The summed E-state index contributed by atoms with van der Waals surface area (Å²) < 4.78 is 1.91. The molecule has 0 atom stereocenters. The molecule has 0 aromatic heterocycles. The standard InChI is InChI=1S/C5H13NS/c1-3-4-5-6(2)7/h7H,3-5H2,1-2H3. The van der Waals surface area contributed by atoms with Crippen LogP contribution in [0.1, 0.15) is 19.8 Å². The van der Waals surface area contributed by atoms with Crippen LogP contribution in [-0.4, -0.2) is 17.9 Å². The third kappa shape index (κ3) is 6.31. The van der Waals surface area contributed by atoms with Gasteiger partial charge in [0.1, 0.15) is 0 Å². The highest BCUT2D eigenvalue weighted by molar-refractivity contribution is 7.77. The van der Waals surface area contributed by atoms with E-state index < -0.39 is 0 Å². The fraction of sp³-hybridized carbons (Fsp3) is 1.00. The van der Waals surface area contributed by atoms with Gasteiger partial charge in [-0.1, -0.05) is 26.2 Å². The molecule has 0 N–H and O–H groups in total. The van der Waals surface area contributed by atoms with E-state index in [9.17, 15) is 0 Å². The van der Waals surface area contributed by atoms with E-state index in [0.717, 1.165) is 6.54 Å². The van der Waals surface area contributed by atoms with E-state index in [1.54, 1.807) is 0 Å². The lowest BCUT2D eigenvalue weighted by Gasteiger charge is -2.04. The van der Waals surface area contributed by atoms with Crippen molar-refractivity contribution in [2.75, 3.05) is 13.6 Å². The average Bonchev–Trinajstić information content (AvgIpc) is 1.61. The number of nitrogens with zero attached hydrogens (tertiary/aromatic N) is 1. The van der Waals surface area contributed by atoms with Gasteiger partial charge in [-0.25, -0.2) is 0 Å². The molecule has 44 valence electrons. The van der Waals surface area contributed by atoms with Gasteiger partial charge in [0.2, 0.25) is 0 Å². The molecule has 0 heterocycles. The van der Waals surface area contributed by atoms with Crippen LogP contribution in [0, 0.1) is 0 Å². The Balaban J connectivity index is 2.68. The van der Waals surface area contributed by atoms with Gasteiger partial charge in [0, 0.05) is 6.54 Å². The van der Waals surface area contributed by atoms with Crippen LogP contribution < -0.4 is 0 Å². The molecule has 7 heavy (non-hydrogen) atoms. The molecule has 0 radical (unpaired) electrons. The van der Waals surface area contributed by atoms with E-state index >= 15 is 0 Å². The Morgan fingerprint density at radius 3 is 2.29 bits per heavy atom. The maximum Gasteiger partial charge on any atom is 0.00837 e. The van der Waals surface area contributed by atoms with Gasteiger partial charge in [0.15, 0.2) is 0 Å². The molecule has 0 rings (SSSR count). The predicted molar refractivity (Wildman–Crippen MR) is 36.5 cm³/mol. The van der Waals surface area contributed by atoms with Crippen molar-refractivity contribution in [3.8, 4) is 0 Å². The van der Waals surface area contributed by atoms with Crippen LogP contribution in [0.5, 0.6) is 0 Å². The number of unbranched alkanes of at least 4 members (excludes halogenated alkanes) is 1. The Bertz CT molecular complexity index is 37.1. The van der Waals surface area contributed by atoms with E-state index in [1.807, 2.05) is 11.4 Å². The largest absolute Gasteiger partial charge is 0.256 e. The lowest BCUT2D eigenvalue weighted by molar-refractivity contribution is 0.543. The fourth-order valence-electron chi connectivity index (χ4n) is 0.387. The minimum atomic E-state index is 1.10. The summed E-state index contributed by atoms with van der Waals surface area (Å²) in [4.78, 5) is 0. The van der Waals surface area contributed by atoms with E-state index in [2.05, 4.69) is 19.7 Å². The summed E-state index contributed by atoms with van der Waals surface area (Å²) in [6, 6.07) is 0. The van der Waals surface area contributed by atoms with Gasteiger partial charge in [0.25, 0.3) is 0 Å². The average molecular weight is 119 g/mol. The summed E-state index contributed by atoms with van der Waals surface area (Å²) in [7, 11) is 1.97. The fourth-order valence-corrected chi connectivity index (χ4v) is 0.528. The zero-order valence-corrected chi connectivity index (χ0v) is 5.91. The van der Waals surface area contributed by atoms with Crippen molar-refractivity contribution >= 4 is 12.8 Å². The maximum absolute atomic E-state index is 4.07. The molecule has 0 bridgehead atoms. The topological polar surface area (TPSA) is 3.24 Å². The number of hydrogen-bond donors (Lipinski definition) is 1. The molecule has 0 spiro atoms. The minimum absolute atomic E-state index is 1.10. The van der Waals surface area contributed by atoms with Crippen LogP contribution in [-0.2, 0) is 0 Å². The van der Waals surface area contributed by atoms with Gasteiger partial charge < -0.3 is 0 Å². The van der Waals surface area contributed by atoms with Crippen LogP contribution in [0.2, 0.25) is 0 Å². The molecular formula is C5H13NS. The molecule has 1 nitrogen and oxygen atoms in total. The number of rotatable bonds is 3. The molecule has 0 saturated heterocycles. The molecule has 0 saturated carbocycles. The van der Waals surface area contributed by atoms with Crippen molar-refractivity contribution in [2.24, 2.45) is 0 Å². The summed E-state index contributed by atoms with van der Waals surface area (Å²) in [6.45, 7) is 3.27. The van der Waals surface area contributed by atoms with Gasteiger partial charge in [-0.3, -0.25) is 4.31 Å². The first-order valence-corrected chi connectivity index (χ1v) is 3.07. The summed E-state index contributed by atoms with van der Waals surface area (Å²) in [5, 5.41) is 0. The second kappa shape index (κ2) is 4.47. The Kier molecular flexibility index (Phi) is 4.67. The lowest BCUT2D eigenvalue weighted by Crippen LogP contribution is -2.05. The van der Waals surface area contributed by atoms with Gasteiger partial charge in [-0.2, -0.15) is 0 Å². The first kappa shape index (κ1) is 7.31. The smallest absolute Gasteiger partial charge is 0.00837 e. The molecule has 0 amide bonds. The molecular weight excluding hydrogens is 106 g/mol. The Morgan fingerprint density at radius 2 is 2.14 bits per heavy atom. The highest BCUT2D eigenvalue weighted by Crippen LogP contribution is 1.91. The lowest BCUT2D eigenvalue weighted by atomic mass is 10.3. The molecule has 0 aliphatic carbocycles. The highest BCUT2D eigenvalue weighted by Gasteiger charge is 1.84. The Morgan fingerprint density at radius 1 is 1.57 bits per heavy atom. The van der Waals surface area contributed by atoms with Crippen LogP contribution in [0.15, 0.2) is 0 Å². The van der Waals surface area contributed by atoms with Crippen LogP contribution in [0.3, 0.4) is 0 Å². The summed E-state index contributed by atoms with van der Waals surface area (Å²) >= 11 is 4.07. The number of thiol groups is 1. The molecule has 2 heteroatoms. The van der Waals surface area contributed by atoms with Gasteiger partial charge in [-0.15, -0.1) is 0 Å². The number of hydrogen-bond acceptors (Lipinski definition) is 2. The van der Waals surface area contributed by atoms with Crippen LogP contribution in [0.4, 0.5) is 0 Å². The van der Waals surface area contributed by atoms with Crippen molar-refractivity contribution in [1.82, 2.24) is 4.31 Å². The van der Waals surface area contributed by atoms with E-state index in [-0.39, 0.29) is 0 Å². The first-order valence-electron chi connectivity index (χ1n) is 2.67. The quantitative estimate of drug-likeness (QED) is 0.552. The molecule has 0 fully saturated rings. The zero-order chi connectivity index (χ0) is 5.70. The Labute approximate surface area is 51.2 Å². The zero-order valence-electron chi connectivity index (χ0n) is 5.02. The third-order valence-electron chi connectivity index (χ3n) is 0.835. The summed E-state index contributed by atoms with van der Waals surface area (Å²) in [6.07, 6.45) is 2.50. The first-order chi connectivity index (χ1) is 3.27. The second-order valence-electron chi connectivity index (χ2n) is 1.73. The second-order valence-corrected chi connectivity index (χ2v) is 2.42. The van der Waals surface area contributed by atoms with Crippen molar-refractivity contribution in [3.63, 3.8) is 0 Å². The van der Waals surface area contributed by atoms with E-state index in [1.165, 1.54) is 12.8 Å². The van der Waals surface area contributed by atoms with E-state index in [0.29, 0.717) is 0 Å². The van der Waals surface area contributed by atoms with E-state index in [4.69, 9.17) is 0 Å². The Hall–Kier alpha value is 0.310. The normalized spacial score (nSPS) is 10.3. The van der Waals surface area contributed by atoms with Crippen LogP contribution in [0.25, 0.3) is 0 Å². The van der Waals surface area contributed by atoms with Crippen molar-refractivity contribution in [3.05, 3.63) is 0 Å². The molecule has 0 aliphatic rings. The summed E-state index contributed by atoms with van der Waals surface area (Å²) in [5.74, 6) is 0. The summed E-state index contributed by atoms with van der Waals surface area (Å²) in [5.41, 5.74) is 0.